The van der Waals surface area contributed by atoms with Crippen LogP contribution in [0.4, 0.5) is 0 Å². The van der Waals surface area contributed by atoms with Gasteiger partial charge in [0.15, 0.2) is 0 Å². The molecule has 7 heteroatoms. The van der Waals surface area contributed by atoms with E-state index in [0.29, 0.717) is 30.1 Å². The summed E-state index contributed by atoms with van der Waals surface area (Å²) in [4.78, 5) is 21.4. The number of aromatic nitrogens is 2. The van der Waals surface area contributed by atoms with Crippen molar-refractivity contribution in [2.24, 2.45) is 0 Å². The number of halogens is 1. The normalized spacial score (nSPS) is 12.2. The first-order valence-corrected chi connectivity index (χ1v) is 6.09. The van der Waals surface area contributed by atoms with Gasteiger partial charge in [-0.15, -0.1) is 0 Å². The number of nitrogens with zero attached hydrogens (tertiary/aromatic N) is 2. The summed E-state index contributed by atoms with van der Waals surface area (Å²) in [5.74, 6) is -1.10. The maximum absolute atomic E-state index is 11.0. The van der Waals surface area contributed by atoms with E-state index in [1.807, 2.05) is 13.8 Å². The Morgan fingerprint density at radius 2 is 2.28 bits per heavy atom. The van der Waals surface area contributed by atoms with Crippen molar-refractivity contribution in [3.8, 4) is 0 Å². The van der Waals surface area contributed by atoms with Crippen molar-refractivity contribution in [1.82, 2.24) is 15.1 Å². The Morgan fingerprint density at radius 1 is 1.61 bits per heavy atom. The molecule has 0 spiro atoms. The van der Waals surface area contributed by atoms with Gasteiger partial charge in [0.1, 0.15) is 6.04 Å². The molecule has 18 heavy (non-hydrogen) atoms. The van der Waals surface area contributed by atoms with Crippen LogP contribution in [0.5, 0.6) is 0 Å². The predicted octanol–water partition coefficient (Wildman–Crippen LogP) is 0.861. The fraction of sp³-hybridized carbons (Fsp3) is 0.545. The number of hydrogen-bond donors (Lipinski definition) is 2. The van der Waals surface area contributed by atoms with E-state index in [2.05, 4.69) is 10.4 Å². The third-order valence-corrected chi connectivity index (χ3v) is 3.10. The van der Waals surface area contributed by atoms with Gasteiger partial charge < -0.3 is 10.4 Å². The summed E-state index contributed by atoms with van der Waals surface area (Å²) in [5.41, 5.74) is 1.38. The second kappa shape index (κ2) is 6.39. The van der Waals surface area contributed by atoms with Gasteiger partial charge in [0.05, 0.1) is 16.4 Å². The van der Waals surface area contributed by atoms with Crippen molar-refractivity contribution in [1.29, 1.82) is 0 Å². The molecule has 0 aromatic carbocycles. The first-order chi connectivity index (χ1) is 8.54. The minimum atomic E-state index is -1.10. The predicted molar refractivity (Wildman–Crippen MR) is 66.6 cm³/mol. The van der Waals surface area contributed by atoms with Gasteiger partial charge in [-0.3, -0.25) is 9.48 Å². The number of carbonyl (C=O) groups excluding carboxylic acids is 1. The van der Waals surface area contributed by atoms with E-state index in [-0.39, 0.29) is 6.42 Å². The van der Waals surface area contributed by atoms with Gasteiger partial charge in [-0.05, 0) is 13.3 Å². The van der Waals surface area contributed by atoms with Crippen molar-refractivity contribution in [3.05, 3.63) is 16.4 Å². The minimum absolute atomic E-state index is 0.119. The van der Waals surface area contributed by atoms with E-state index >= 15 is 0 Å². The van der Waals surface area contributed by atoms with Crippen LogP contribution in [0.15, 0.2) is 0 Å². The third-order valence-electron chi connectivity index (χ3n) is 2.66. The maximum Gasteiger partial charge on any atom is 0.326 e. The Morgan fingerprint density at radius 3 is 2.72 bits per heavy atom. The van der Waals surface area contributed by atoms with Crippen molar-refractivity contribution >= 4 is 24.0 Å². The molecule has 1 unspecified atom stereocenters. The van der Waals surface area contributed by atoms with Crippen molar-refractivity contribution in [2.45, 2.75) is 39.3 Å². The van der Waals surface area contributed by atoms with Crippen LogP contribution in [0.25, 0.3) is 0 Å². The number of amides is 1. The van der Waals surface area contributed by atoms with Crippen LogP contribution >= 0.6 is 11.6 Å². The Balaban J connectivity index is 3.04. The molecule has 0 bridgehead atoms. The standard InChI is InChI=1S/C11H16ClN3O3/c1-3-7-10(12)9(15(4-2)14-7)5-8(11(17)18)13-6-16/h6,8H,3-5H2,1-2H3,(H,13,16)(H,17,18). The van der Waals surface area contributed by atoms with Gasteiger partial charge in [0.2, 0.25) is 6.41 Å². The van der Waals surface area contributed by atoms with Crippen LogP contribution < -0.4 is 5.32 Å². The molecular formula is C11H16ClN3O3. The first kappa shape index (κ1) is 14.5. The Kier molecular flexibility index (Phi) is 5.15. The van der Waals surface area contributed by atoms with E-state index in [0.717, 1.165) is 5.69 Å². The van der Waals surface area contributed by atoms with Crippen molar-refractivity contribution in [2.75, 3.05) is 0 Å². The quantitative estimate of drug-likeness (QED) is 0.722. The molecule has 0 aliphatic heterocycles. The molecule has 0 saturated heterocycles. The second-order valence-electron chi connectivity index (χ2n) is 3.76. The third kappa shape index (κ3) is 3.01. The highest BCUT2D eigenvalue weighted by Crippen LogP contribution is 2.22. The number of carboxylic acid groups (broad SMARTS) is 1. The number of nitrogens with one attached hydrogen (secondary N) is 1. The van der Waals surface area contributed by atoms with Crippen molar-refractivity contribution < 1.29 is 14.7 Å². The van der Waals surface area contributed by atoms with Crippen LogP contribution in [0, 0.1) is 0 Å². The van der Waals surface area contributed by atoms with Gasteiger partial charge in [0.25, 0.3) is 0 Å². The zero-order chi connectivity index (χ0) is 13.7. The van der Waals surface area contributed by atoms with Crippen LogP contribution in [-0.4, -0.2) is 33.3 Å². The van der Waals surface area contributed by atoms with Gasteiger partial charge in [-0.2, -0.15) is 5.10 Å². The molecule has 1 aromatic rings. The number of carbonyl (C=O) groups is 2. The van der Waals surface area contributed by atoms with Crippen LogP contribution in [0.1, 0.15) is 25.2 Å². The Labute approximate surface area is 110 Å². The molecule has 1 heterocycles. The molecule has 0 fully saturated rings. The second-order valence-corrected chi connectivity index (χ2v) is 4.13. The lowest BCUT2D eigenvalue weighted by atomic mass is 10.1. The molecule has 2 N–H and O–H groups in total. The van der Waals surface area contributed by atoms with Crippen LogP contribution in [-0.2, 0) is 29.0 Å². The van der Waals surface area contributed by atoms with E-state index in [4.69, 9.17) is 16.7 Å². The molecule has 100 valence electrons. The molecule has 0 radical (unpaired) electrons. The summed E-state index contributed by atoms with van der Waals surface area (Å²) < 4.78 is 1.67. The molecule has 1 atom stereocenters. The highest BCUT2D eigenvalue weighted by molar-refractivity contribution is 6.31. The SMILES string of the molecule is CCc1nn(CC)c(CC(NC=O)C(=O)O)c1Cl. The van der Waals surface area contributed by atoms with Crippen molar-refractivity contribution in [3.63, 3.8) is 0 Å². The summed E-state index contributed by atoms with van der Waals surface area (Å²) in [6, 6.07) is -0.994. The molecule has 6 nitrogen and oxygen atoms in total. The topological polar surface area (TPSA) is 84.2 Å². The summed E-state index contributed by atoms with van der Waals surface area (Å²) in [6.07, 6.45) is 1.17. The molecule has 0 aliphatic rings. The van der Waals surface area contributed by atoms with Crippen LogP contribution in [0.2, 0.25) is 5.02 Å². The number of rotatable bonds is 7. The van der Waals surface area contributed by atoms with Gasteiger partial charge in [-0.1, -0.05) is 18.5 Å². The van der Waals surface area contributed by atoms with Gasteiger partial charge >= 0.3 is 5.97 Å². The first-order valence-electron chi connectivity index (χ1n) is 5.71. The highest BCUT2D eigenvalue weighted by Gasteiger charge is 2.23. The fourth-order valence-corrected chi connectivity index (χ4v) is 2.05. The van der Waals surface area contributed by atoms with Gasteiger partial charge in [0, 0.05) is 13.0 Å². The van der Waals surface area contributed by atoms with E-state index in [1.165, 1.54) is 0 Å². The molecule has 1 rings (SSSR count). The highest BCUT2D eigenvalue weighted by atomic mass is 35.5. The number of aliphatic carboxylic acids is 1. The average Bonchev–Trinajstić information content (AvgIpc) is 2.65. The number of carboxylic acids is 1. The zero-order valence-electron chi connectivity index (χ0n) is 10.3. The van der Waals surface area contributed by atoms with E-state index in [1.54, 1.807) is 4.68 Å². The average molecular weight is 274 g/mol. The number of hydrogen-bond acceptors (Lipinski definition) is 3. The molecular weight excluding hydrogens is 258 g/mol. The largest absolute Gasteiger partial charge is 0.480 e. The van der Waals surface area contributed by atoms with E-state index in [9.17, 15) is 9.59 Å². The Bertz CT molecular complexity index is 445. The summed E-state index contributed by atoms with van der Waals surface area (Å²) in [6.45, 7) is 4.42. The summed E-state index contributed by atoms with van der Waals surface area (Å²) in [5, 5.41) is 16.0. The summed E-state index contributed by atoms with van der Waals surface area (Å²) in [7, 11) is 0. The number of aryl methyl sites for hydroxylation is 2. The fourth-order valence-electron chi connectivity index (χ4n) is 1.71. The molecule has 0 saturated carbocycles. The van der Waals surface area contributed by atoms with E-state index < -0.39 is 12.0 Å². The lowest BCUT2D eigenvalue weighted by Crippen LogP contribution is -2.38. The minimum Gasteiger partial charge on any atom is -0.480 e. The molecule has 1 aromatic heterocycles. The summed E-state index contributed by atoms with van der Waals surface area (Å²) >= 11 is 6.16. The van der Waals surface area contributed by atoms with Gasteiger partial charge in [-0.25, -0.2) is 4.79 Å². The zero-order valence-corrected chi connectivity index (χ0v) is 11.1. The lowest BCUT2D eigenvalue weighted by molar-refractivity contribution is -0.140. The lowest BCUT2D eigenvalue weighted by Gasteiger charge is -2.12. The molecule has 0 aliphatic carbocycles. The van der Waals surface area contributed by atoms with Crippen LogP contribution in [0.3, 0.4) is 0 Å². The molecule has 1 amide bonds. The monoisotopic (exact) mass is 273 g/mol. The maximum atomic E-state index is 11.0. The Hall–Kier alpha value is -1.56. The smallest absolute Gasteiger partial charge is 0.326 e.